The quantitative estimate of drug-likeness (QED) is 0.732. The summed E-state index contributed by atoms with van der Waals surface area (Å²) >= 11 is 0. The van der Waals surface area contributed by atoms with Crippen LogP contribution in [0.4, 0.5) is 0 Å². The zero-order chi connectivity index (χ0) is 11.1. The molecule has 0 aliphatic rings. The highest BCUT2D eigenvalue weighted by molar-refractivity contribution is 5.44. The van der Waals surface area contributed by atoms with Gasteiger partial charge in [0, 0.05) is 13.3 Å². The van der Waals surface area contributed by atoms with E-state index in [1.807, 2.05) is 18.3 Å². The summed E-state index contributed by atoms with van der Waals surface area (Å²) in [5.74, 6) is 0. The van der Waals surface area contributed by atoms with Crippen molar-refractivity contribution >= 4 is 6.08 Å². The molecule has 1 aromatic rings. The Morgan fingerprint density at radius 1 is 1.40 bits per heavy atom. The van der Waals surface area contributed by atoms with E-state index in [4.69, 9.17) is 4.74 Å². The fourth-order valence-corrected chi connectivity index (χ4v) is 1.48. The van der Waals surface area contributed by atoms with Gasteiger partial charge in [0.25, 0.3) is 0 Å². The molecule has 0 aliphatic carbocycles. The second-order valence-corrected chi connectivity index (χ2v) is 3.46. The molecule has 1 atom stereocenters. The van der Waals surface area contributed by atoms with Crippen LogP contribution in [0.2, 0.25) is 0 Å². The Morgan fingerprint density at radius 3 is 2.67 bits per heavy atom. The topological polar surface area (TPSA) is 22.1 Å². The van der Waals surface area contributed by atoms with Gasteiger partial charge in [-0.3, -0.25) is 4.98 Å². The average molecular weight is 205 g/mol. The van der Waals surface area contributed by atoms with Crippen LogP contribution in [0.3, 0.4) is 0 Å². The van der Waals surface area contributed by atoms with Crippen molar-refractivity contribution in [2.45, 2.75) is 32.8 Å². The second kappa shape index (κ2) is 6.36. The highest BCUT2D eigenvalue weighted by Gasteiger charge is 2.06. The lowest BCUT2D eigenvalue weighted by Crippen LogP contribution is -2.00. The molecule has 1 unspecified atom stereocenters. The van der Waals surface area contributed by atoms with Crippen molar-refractivity contribution in [1.82, 2.24) is 4.98 Å². The number of allylic oxidation sites excluding steroid dienone is 1. The first kappa shape index (κ1) is 11.9. The van der Waals surface area contributed by atoms with Crippen molar-refractivity contribution in [3.05, 3.63) is 35.7 Å². The Bertz CT molecular complexity index is 299. The molecule has 0 radical (unpaired) electrons. The zero-order valence-corrected chi connectivity index (χ0v) is 9.73. The second-order valence-electron chi connectivity index (χ2n) is 3.46. The molecular formula is C13H19NO. The first-order valence-corrected chi connectivity index (χ1v) is 5.47. The molecule has 0 saturated heterocycles. The van der Waals surface area contributed by atoms with Crippen LogP contribution in [0.25, 0.3) is 6.08 Å². The predicted molar refractivity (Wildman–Crippen MR) is 63.6 cm³/mol. The van der Waals surface area contributed by atoms with E-state index < -0.39 is 0 Å². The number of hydrogen-bond acceptors (Lipinski definition) is 2. The van der Waals surface area contributed by atoms with Crippen molar-refractivity contribution in [2.75, 3.05) is 7.11 Å². The molecule has 0 amide bonds. The summed E-state index contributed by atoms with van der Waals surface area (Å²) < 4.78 is 5.35. The molecule has 1 heterocycles. The van der Waals surface area contributed by atoms with Crippen molar-refractivity contribution in [1.29, 1.82) is 0 Å². The molecule has 82 valence electrons. The Labute approximate surface area is 92.0 Å². The molecule has 0 N–H and O–H groups in total. The molecule has 0 saturated carbocycles. The van der Waals surface area contributed by atoms with Gasteiger partial charge < -0.3 is 4.74 Å². The van der Waals surface area contributed by atoms with E-state index in [-0.39, 0.29) is 6.10 Å². The van der Waals surface area contributed by atoms with Crippen molar-refractivity contribution in [3.8, 4) is 0 Å². The van der Waals surface area contributed by atoms with Gasteiger partial charge in [0.1, 0.15) is 0 Å². The van der Waals surface area contributed by atoms with Gasteiger partial charge in [-0.1, -0.05) is 26.0 Å². The van der Waals surface area contributed by atoms with Crippen LogP contribution in [0.15, 0.2) is 24.4 Å². The highest BCUT2D eigenvalue weighted by atomic mass is 16.5. The molecule has 2 nitrogen and oxygen atoms in total. The highest BCUT2D eigenvalue weighted by Crippen LogP contribution is 2.19. The first-order valence-electron chi connectivity index (χ1n) is 5.47. The summed E-state index contributed by atoms with van der Waals surface area (Å²) in [6.45, 7) is 4.22. The third-order valence-electron chi connectivity index (χ3n) is 2.36. The zero-order valence-electron chi connectivity index (χ0n) is 9.73. The standard InChI is InChI=1S/C13H19NO/c1-4-6-7-12-9-8-11(10-14-12)13(5-2)15-3/h6-10,13H,4-5H2,1-3H3/b7-6-. The Hall–Kier alpha value is -1.15. The molecule has 0 fully saturated rings. The van der Waals surface area contributed by atoms with Crippen molar-refractivity contribution in [2.24, 2.45) is 0 Å². The number of nitrogens with zero attached hydrogens (tertiary/aromatic N) is 1. The number of pyridine rings is 1. The molecule has 0 spiro atoms. The fourth-order valence-electron chi connectivity index (χ4n) is 1.48. The lowest BCUT2D eigenvalue weighted by atomic mass is 10.1. The van der Waals surface area contributed by atoms with E-state index >= 15 is 0 Å². The van der Waals surface area contributed by atoms with E-state index in [9.17, 15) is 0 Å². The van der Waals surface area contributed by atoms with Crippen LogP contribution in [-0.2, 0) is 4.74 Å². The van der Waals surface area contributed by atoms with E-state index in [0.29, 0.717) is 0 Å². The fraction of sp³-hybridized carbons (Fsp3) is 0.462. The van der Waals surface area contributed by atoms with Crippen LogP contribution < -0.4 is 0 Å². The summed E-state index contributed by atoms with van der Waals surface area (Å²) in [5.41, 5.74) is 2.15. The maximum absolute atomic E-state index is 5.35. The minimum atomic E-state index is 0.168. The Balaban J connectivity index is 2.75. The molecule has 0 aliphatic heterocycles. The van der Waals surface area contributed by atoms with Gasteiger partial charge in [-0.05, 0) is 30.5 Å². The molecular weight excluding hydrogens is 186 g/mol. The van der Waals surface area contributed by atoms with Gasteiger partial charge in [0.15, 0.2) is 0 Å². The van der Waals surface area contributed by atoms with Crippen LogP contribution in [0.1, 0.15) is 44.1 Å². The van der Waals surface area contributed by atoms with Crippen molar-refractivity contribution in [3.63, 3.8) is 0 Å². The number of rotatable bonds is 5. The SMILES string of the molecule is CC/C=C\c1ccc(C(CC)OC)cn1. The van der Waals surface area contributed by atoms with Crippen LogP contribution in [-0.4, -0.2) is 12.1 Å². The number of ether oxygens (including phenoxy) is 1. The minimum Gasteiger partial charge on any atom is -0.377 e. The first-order chi connectivity index (χ1) is 7.31. The molecule has 1 rings (SSSR count). The lowest BCUT2D eigenvalue weighted by Gasteiger charge is -2.12. The van der Waals surface area contributed by atoms with Crippen LogP contribution in [0.5, 0.6) is 0 Å². The molecule has 0 aromatic carbocycles. The third kappa shape index (κ3) is 3.48. The minimum absolute atomic E-state index is 0.168. The summed E-state index contributed by atoms with van der Waals surface area (Å²) in [5, 5.41) is 0. The van der Waals surface area contributed by atoms with E-state index in [2.05, 4.69) is 31.0 Å². The third-order valence-corrected chi connectivity index (χ3v) is 2.36. The maximum atomic E-state index is 5.35. The van der Waals surface area contributed by atoms with Crippen LogP contribution in [0, 0.1) is 0 Å². The predicted octanol–water partition coefficient (Wildman–Crippen LogP) is 3.60. The van der Waals surface area contributed by atoms with Crippen molar-refractivity contribution < 1.29 is 4.74 Å². The average Bonchev–Trinajstić information content (AvgIpc) is 2.29. The largest absolute Gasteiger partial charge is 0.377 e. The monoisotopic (exact) mass is 205 g/mol. The van der Waals surface area contributed by atoms with Gasteiger partial charge in [-0.2, -0.15) is 0 Å². The summed E-state index contributed by atoms with van der Waals surface area (Å²) in [6, 6.07) is 4.11. The molecule has 15 heavy (non-hydrogen) atoms. The molecule has 1 aromatic heterocycles. The lowest BCUT2D eigenvalue weighted by molar-refractivity contribution is 0.0997. The Kier molecular flexibility index (Phi) is 5.05. The van der Waals surface area contributed by atoms with Gasteiger partial charge >= 0.3 is 0 Å². The van der Waals surface area contributed by atoms with Gasteiger partial charge in [-0.15, -0.1) is 0 Å². The number of methoxy groups -OCH3 is 1. The van der Waals surface area contributed by atoms with E-state index in [1.54, 1.807) is 7.11 Å². The smallest absolute Gasteiger partial charge is 0.0833 e. The van der Waals surface area contributed by atoms with Crippen LogP contribution >= 0.6 is 0 Å². The summed E-state index contributed by atoms with van der Waals surface area (Å²) in [7, 11) is 1.74. The number of hydrogen-bond donors (Lipinski definition) is 0. The summed E-state index contributed by atoms with van der Waals surface area (Å²) in [4.78, 5) is 4.37. The van der Waals surface area contributed by atoms with E-state index in [1.165, 1.54) is 0 Å². The Morgan fingerprint density at radius 2 is 2.20 bits per heavy atom. The van der Waals surface area contributed by atoms with Gasteiger partial charge in [-0.25, -0.2) is 0 Å². The number of aromatic nitrogens is 1. The normalized spacial score (nSPS) is 13.3. The van der Waals surface area contributed by atoms with Gasteiger partial charge in [0.05, 0.1) is 11.8 Å². The molecule has 0 bridgehead atoms. The van der Waals surface area contributed by atoms with E-state index in [0.717, 1.165) is 24.1 Å². The maximum Gasteiger partial charge on any atom is 0.0833 e. The molecule has 2 heteroatoms. The summed E-state index contributed by atoms with van der Waals surface area (Å²) in [6.07, 6.45) is 8.23. The van der Waals surface area contributed by atoms with Gasteiger partial charge in [0.2, 0.25) is 0 Å².